The number of fused-ring (bicyclic) bond motifs is 3. The number of amides is 1. The lowest BCUT2D eigenvalue weighted by Gasteiger charge is -2.53. The van der Waals surface area contributed by atoms with Gasteiger partial charge in [0.05, 0.1) is 6.04 Å². The Hall–Kier alpha value is -1.39. The van der Waals surface area contributed by atoms with E-state index < -0.39 is 6.23 Å². The van der Waals surface area contributed by atoms with Crippen LogP contribution in [-0.4, -0.2) is 52.7 Å². The molecule has 3 fully saturated rings. The maximum Gasteiger partial charge on any atom is 0.256 e. The SMILES string of the molecule is O=C1c2cccc3c2C(CCC3)[C@@H](O)N1[C@@H]1CN2CCC1CC2. The highest BCUT2D eigenvalue weighted by Crippen LogP contribution is 2.44. The highest BCUT2D eigenvalue weighted by Gasteiger charge is 2.48. The quantitative estimate of drug-likeness (QED) is 0.862. The van der Waals surface area contributed by atoms with Crippen LogP contribution in [0.25, 0.3) is 0 Å². The van der Waals surface area contributed by atoms with Crippen molar-refractivity contribution in [2.24, 2.45) is 5.92 Å². The van der Waals surface area contributed by atoms with E-state index in [9.17, 15) is 9.90 Å². The van der Waals surface area contributed by atoms with Crippen molar-refractivity contribution in [3.05, 3.63) is 34.9 Å². The van der Waals surface area contributed by atoms with Crippen molar-refractivity contribution in [1.29, 1.82) is 0 Å². The van der Waals surface area contributed by atoms with Crippen molar-refractivity contribution in [2.75, 3.05) is 19.6 Å². The standard InChI is InChI=1S/C19H24N2O2/c22-18-14-5-1-3-13-4-2-6-15(17(13)14)19(23)21(18)16-11-20-9-7-12(16)8-10-20/h1,3,5,12,15-16,19,23H,2,4,6-11H2/t15?,16-,19-/m1/s1. The summed E-state index contributed by atoms with van der Waals surface area (Å²) in [6.07, 6.45) is 4.84. The Balaban J connectivity index is 1.58. The zero-order valence-corrected chi connectivity index (χ0v) is 13.4. The maximum atomic E-state index is 13.2. The molecule has 4 nitrogen and oxygen atoms in total. The van der Waals surface area contributed by atoms with Gasteiger partial charge in [-0.05, 0) is 68.3 Å². The van der Waals surface area contributed by atoms with Gasteiger partial charge in [-0.15, -0.1) is 0 Å². The highest BCUT2D eigenvalue weighted by atomic mass is 16.3. The van der Waals surface area contributed by atoms with Crippen molar-refractivity contribution < 1.29 is 9.90 Å². The molecule has 0 radical (unpaired) electrons. The first kappa shape index (κ1) is 14.0. The van der Waals surface area contributed by atoms with Crippen LogP contribution in [0.5, 0.6) is 0 Å². The number of benzene rings is 1. The van der Waals surface area contributed by atoms with Gasteiger partial charge in [0.1, 0.15) is 6.23 Å². The Morgan fingerprint density at radius 1 is 1.13 bits per heavy atom. The van der Waals surface area contributed by atoms with Gasteiger partial charge < -0.3 is 14.9 Å². The molecule has 23 heavy (non-hydrogen) atoms. The Kier molecular flexibility index (Phi) is 3.07. The van der Waals surface area contributed by atoms with Crippen molar-refractivity contribution in [1.82, 2.24) is 9.80 Å². The summed E-state index contributed by atoms with van der Waals surface area (Å²) in [5.74, 6) is 0.737. The van der Waals surface area contributed by atoms with Crippen LogP contribution in [0.3, 0.4) is 0 Å². The number of aliphatic hydroxyl groups is 1. The monoisotopic (exact) mass is 312 g/mol. The second kappa shape index (κ2) is 5.05. The number of rotatable bonds is 1. The third-order valence-corrected chi connectivity index (χ3v) is 6.62. The molecule has 1 aromatic rings. The second-order valence-corrected chi connectivity index (χ2v) is 7.71. The summed E-state index contributed by atoms with van der Waals surface area (Å²) in [7, 11) is 0. The number of piperidine rings is 3. The van der Waals surface area contributed by atoms with Gasteiger partial charge in [-0.3, -0.25) is 4.79 Å². The molecule has 4 heterocycles. The number of carbonyl (C=O) groups excluding carboxylic acids is 1. The van der Waals surface area contributed by atoms with Crippen LogP contribution in [0.15, 0.2) is 18.2 Å². The minimum Gasteiger partial charge on any atom is -0.373 e. The Labute approximate surface area is 137 Å². The van der Waals surface area contributed by atoms with Gasteiger partial charge in [0.25, 0.3) is 5.91 Å². The summed E-state index contributed by atoms with van der Waals surface area (Å²) in [4.78, 5) is 17.5. The van der Waals surface area contributed by atoms with Gasteiger partial charge in [-0.25, -0.2) is 0 Å². The normalized spacial score (nSPS) is 38.6. The smallest absolute Gasteiger partial charge is 0.256 e. The molecular formula is C19H24N2O2. The molecule has 1 unspecified atom stereocenters. The zero-order chi connectivity index (χ0) is 15.6. The number of hydrogen-bond acceptors (Lipinski definition) is 3. The van der Waals surface area contributed by atoms with E-state index in [2.05, 4.69) is 11.0 Å². The molecule has 0 aromatic heterocycles. The fourth-order valence-electron chi connectivity index (χ4n) is 5.46. The first-order chi connectivity index (χ1) is 11.2. The van der Waals surface area contributed by atoms with Crippen LogP contribution in [0, 0.1) is 5.92 Å². The van der Waals surface area contributed by atoms with Crippen molar-refractivity contribution in [2.45, 2.75) is 50.3 Å². The molecule has 0 spiro atoms. The number of hydrogen-bond donors (Lipinski definition) is 1. The average molecular weight is 312 g/mol. The lowest BCUT2D eigenvalue weighted by molar-refractivity contribution is -0.0781. The topological polar surface area (TPSA) is 43.8 Å². The number of aliphatic hydroxyl groups excluding tert-OH is 1. The molecule has 4 aliphatic heterocycles. The van der Waals surface area contributed by atoms with Gasteiger partial charge in [-0.1, -0.05) is 12.1 Å². The third-order valence-electron chi connectivity index (χ3n) is 6.62. The van der Waals surface area contributed by atoms with Crippen molar-refractivity contribution >= 4 is 5.91 Å². The fourth-order valence-corrected chi connectivity index (χ4v) is 5.46. The van der Waals surface area contributed by atoms with E-state index in [1.165, 1.54) is 18.4 Å². The van der Waals surface area contributed by atoms with E-state index in [4.69, 9.17) is 0 Å². The van der Waals surface area contributed by atoms with E-state index >= 15 is 0 Å². The van der Waals surface area contributed by atoms with Crippen molar-refractivity contribution in [3.8, 4) is 0 Å². The minimum absolute atomic E-state index is 0.0613. The van der Waals surface area contributed by atoms with Crippen LogP contribution >= 0.6 is 0 Å². The third kappa shape index (κ3) is 1.94. The maximum absolute atomic E-state index is 13.2. The first-order valence-electron chi connectivity index (χ1n) is 9.09. The van der Waals surface area contributed by atoms with Gasteiger partial charge >= 0.3 is 0 Å². The number of carbonyl (C=O) groups is 1. The summed E-state index contributed by atoms with van der Waals surface area (Å²) in [5.41, 5.74) is 3.28. The number of nitrogens with zero attached hydrogens (tertiary/aromatic N) is 2. The van der Waals surface area contributed by atoms with Crippen LogP contribution in [0.4, 0.5) is 0 Å². The summed E-state index contributed by atoms with van der Waals surface area (Å²) in [6.45, 7) is 3.25. The van der Waals surface area contributed by atoms with Crippen LogP contribution in [-0.2, 0) is 6.42 Å². The van der Waals surface area contributed by atoms with E-state index in [0.717, 1.165) is 50.0 Å². The van der Waals surface area contributed by atoms with E-state index in [-0.39, 0.29) is 17.9 Å². The first-order valence-corrected chi connectivity index (χ1v) is 9.09. The van der Waals surface area contributed by atoms with Crippen LogP contribution in [0.2, 0.25) is 0 Å². The van der Waals surface area contributed by atoms with Gasteiger partial charge in [0, 0.05) is 18.0 Å². The average Bonchev–Trinajstić information content (AvgIpc) is 2.61. The Morgan fingerprint density at radius 3 is 2.70 bits per heavy atom. The molecule has 6 rings (SSSR count). The summed E-state index contributed by atoms with van der Waals surface area (Å²) < 4.78 is 0. The largest absolute Gasteiger partial charge is 0.373 e. The fraction of sp³-hybridized carbons (Fsp3) is 0.632. The van der Waals surface area contributed by atoms with Crippen molar-refractivity contribution in [3.63, 3.8) is 0 Å². The van der Waals surface area contributed by atoms with Crippen LogP contribution < -0.4 is 0 Å². The second-order valence-electron chi connectivity index (χ2n) is 7.71. The molecule has 3 saturated heterocycles. The molecule has 1 aromatic carbocycles. The summed E-state index contributed by atoms with van der Waals surface area (Å²) >= 11 is 0. The zero-order valence-electron chi connectivity index (χ0n) is 13.4. The molecule has 2 bridgehead atoms. The molecule has 5 aliphatic rings. The molecule has 4 heteroatoms. The molecule has 1 aliphatic carbocycles. The lowest BCUT2D eigenvalue weighted by atomic mass is 9.74. The molecule has 122 valence electrons. The number of aryl methyl sites for hydroxylation is 1. The van der Waals surface area contributed by atoms with Gasteiger partial charge in [0.2, 0.25) is 0 Å². The predicted octanol–water partition coefficient (Wildman–Crippen LogP) is 1.97. The van der Waals surface area contributed by atoms with Gasteiger partial charge in [0.15, 0.2) is 0 Å². The molecule has 3 atom stereocenters. The van der Waals surface area contributed by atoms with E-state index in [0.29, 0.717) is 5.92 Å². The van der Waals surface area contributed by atoms with Crippen LogP contribution in [0.1, 0.15) is 53.1 Å². The summed E-state index contributed by atoms with van der Waals surface area (Å²) in [6, 6.07) is 6.31. The Morgan fingerprint density at radius 2 is 1.96 bits per heavy atom. The summed E-state index contributed by atoms with van der Waals surface area (Å²) in [5, 5.41) is 11.1. The van der Waals surface area contributed by atoms with Gasteiger partial charge in [-0.2, -0.15) is 0 Å². The lowest BCUT2D eigenvalue weighted by Crippen LogP contribution is -2.63. The predicted molar refractivity (Wildman–Crippen MR) is 87.2 cm³/mol. The molecule has 1 amide bonds. The molecule has 0 saturated carbocycles. The van der Waals surface area contributed by atoms with E-state index in [1.54, 1.807) is 0 Å². The Bertz CT molecular complexity index is 651. The molecule has 1 N–H and O–H groups in total. The molecular weight excluding hydrogens is 288 g/mol. The highest BCUT2D eigenvalue weighted by molar-refractivity contribution is 5.98. The minimum atomic E-state index is -0.637. The van der Waals surface area contributed by atoms with E-state index in [1.807, 2.05) is 17.0 Å².